The van der Waals surface area contributed by atoms with Crippen LogP contribution < -0.4 is 5.32 Å². The molecular formula is C15H14F3N3. The van der Waals surface area contributed by atoms with E-state index in [0.29, 0.717) is 23.1 Å². The van der Waals surface area contributed by atoms with Gasteiger partial charge in [-0.1, -0.05) is 12.1 Å². The normalized spacial score (nSPS) is 15.0. The molecule has 0 atom stereocenters. The van der Waals surface area contributed by atoms with Crippen LogP contribution in [-0.4, -0.2) is 17.0 Å². The van der Waals surface area contributed by atoms with Crippen LogP contribution in [0.1, 0.15) is 30.0 Å². The molecule has 0 saturated heterocycles. The summed E-state index contributed by atoms with van der Waals surface area (Å²) in [5.41, 5.74) is 0.581. The zero-order valence-electron chi connectivity index (χ0n) is 11.4. The predicted molar refractivity (Wildman–Crippen MR) is 74.0 cm³/mol. The van der Waals surface area contributed by atoms with Gasteiger partial charge in [0, 0.05) is 30.3 Å². The molecule has 1 aromatic carbocycles. The van der Waals surface area contributed by atoms with Crippen molar-refractivity contribution in [1.82, 2.24) is 9.97 Å². The maximum atomic E-state index is 12.8. The summed E-state index contributed by atoms with van der Waals surface area (Å²) in [6.07, 6.45) is -2.22. The van der Waals surface area contributed by atoms with Crippen LogP contribution in [0.15, 0.2) is 30.3 Å². The number of hydrogen-bond donors (Lipinski definition) is 1. The fourth-order valence-electron chi connectivity index (χ4n) is 2.15. The minimum atomic E-state index is -4.37. The predicted octanol–water partition coefficient (Wildman–Crippen LogP) is 4.08. The lowest BCUT2D eigenvalue weighted by molar-refractivity contribution is -0.137. The van der Waals surface area contributed by atoms with Crippen molar-refractivity contribution in [2.45, 2.75) is 24.9 Å². The monoisotopic (exact) mass is 293 g/mol. The maximum Gasteiger partial charge on any atom is 0.416 e. The van der Waals surface area contributed by atoms with E-state index in [2.05, 4.69) is 15.3 Å². The van der Waals surface area contributed by atoms with Gasteiger partial charge in [0.1, 0.15) is 5.82 Å². The number of nitrogens with zero attached hydrogens (tertiary/aromatic N) is 2. The SMILES string of the molecule is CNc1cc(C2CC2)nc(-c2cccc(C(F)(F)F)c2)n1. The van der Waals surface area contributed by atoms with E-state index in [1.54, 1.807) is 13.1 Å². The lowest BCUT2D eigenvalue weighted by Gasteiger charge is -2.10. The van der Waals surface area contributed by atoms with Gasteiger partial charge in [0.25, 0.3) is 0 Å². The topological polar surface area (TPSA) is 37.8 Å². The molecule has 1 N–H and O–H groups in total. The summed E-state index contributed by atoms with van der Waals surface area (Å²) in [4.78, 5) is 8.68. The molecule has 2 aromatic rings. The molecule has 1 saturated carbocycles. The molecule has 3 rings (SSSR count). The molecule has 110 valence electrons. The van der Waals surface area contributed by atoms with E-state index in [4.69, 9.17) is 0 Å². The van der Waals surface area contributed by atoms with Crippen LogP contribution in [0.3, 0.4) is 0 Å². The van der Waals surface area contributed by atoms with Crippen molar-refractivity contribution >= 4 is 5.82 Å². The Labute approximate surface area is 120 Å². The highest BCUT2D eigenvalue weighted by Crippen LogP contribution is 2.40. The van der Waals surface area contributed by atoms with Crippen LogP contribution in [0.4, 0.5) is 19.0 Å². The number of rotatable bonds is 3. The van der Waals surface area contributed by atoms with Crippen LogP contribution in [0, 0.1) is 0 Å². The van der Waals surface area contributed by atoms with Gasteiger partial charge in [-0.15, -0.1) is 0 Å². The van der Waals surface area contributed by atoms with E-state index < -0.39 is 11.7 Å². The van der Waals surface area contributed by atoms with Crippen molar-refractivity contribution in [3.8, 4) is 11.4 Å². The smallest absolute Gasteiger partial charge is 0.373 e. The van der Waals surface area contributed by atoms with Crippen LogP contribution in [-0.2, 0) is 6.18 Å². The number of benzene rings is 1. The van der Waals surface area contributed by atoms with Crippen molar-refractivity contribution < 1.29 is 13.2 Å². The highest BCUT2D eigenvalue weighted by atomic mass is 19.4. The first-order chi connectivity index (χ1) is 9.97. The quantitative estimate of drug-likeness (QED) is 0.926. The summed E-state index contributed by atoms with van der Waals surface area (Å²) in [6, 6.07) is 6.97. The van der Waals surface area contributed by atoms with Gasteiger partial charge in [-0.2, -0.15) is 13.2 Å². The van der Waals surface area contributed by atoms with Crippen molar-refractivity contribution in [3.63, 3.8) is 0 Å². The lowest BCUT2D eigenvalue weighted by Crippen LogP contribution is -2.05. The van der Waals surface area contributed by atoms with Crippen molar-refractivity contribution in [3.05, 3.63) is 41.6 Å². The van der Waals surface area contributed by atoms with Gasteiger partial charge < -0.3 is 5.32 Å². The molecule has 3 nitrogen and oxygen atoms in total. The van der Waals surface area contributed by atoms with Gasteiger partial charge in [0.2, 0.25) is 0 Å². The molecule has 0 bridgehead atoms. The summed E-state index contributed by atoms with van der Waals surface area (Å²) in [6.45, 7) is 0. The van der Waals surface area contributed by atoms with Crippen LogP contribution in [0.25, 0.3) is 11.4 Å². The Bertz CT molecular complexity index is 663. The van der Waals surface area contributed by atoms with E-state index >= 15 is 0 Å². The van der Waals surface area contributed by atoms with Gasteiger partial charge in [0.15, 0.2) is 5.82 Å². The minimum Gasteiger partial charge on any atom is -0.373 e. The van der Waals surface area contributed by atoms with E-state index in [1.165, 1.54) is 6.07 Å². The molecule has 0 radical (unpaired) electrons. The number of anilines is 1. The molecule has 0 unspecified atom stereocenters. The van der Waals surface area contributed by atoms with Crippen LogP contribution in [0.2, 0.25) is 0 Å². The van der Waals surface area contributed by atoms with E-state index in [0.717, 1.165) is 30.7 Å². The third-order valence-corrected chi connectivity index (χ3v) is 3.45. The Hall–Kier alpha value is -2.11. The number of alkyl halides is 3. The van der Waals surface area contributed by atoms with Gasteiger partial charge in [-0.3, -0.25) is 0 Å². The third kappa shape index (κ3) is 2.99. The van der Waals surface area contributed by atoms with Gasteiger partial charge >= 0.3 is 6.18 Å². The molecule has 1 aliphatic carbocycles. The van der Waals surface area contributed by atoms with E-state index in [1.807, 2.05) is 6.07 Å². The average molecular weight is 293 g/mol. The van der Waals surface area contributed by atoms with Crippen molar-refractivity contribution in [1.29, 1.82) is 0 Å². The minimum absolute atomic E-state index is 0.329. The molecule has 1 fully saturated rings. The largest absolute Gasteiger partial charge is 0.416 e. The molecule has 1 aliphatic rings. The third-order valence-electron chi connectivity index (χ3n) is 3.45. The molecule has 1 aromatic heterocycles. The number of nitrogens with one attached hydrogen (secondary N) is 1. The standard InChI is InChI=1S/C15H14F3N3/c1-19-13-8-12(9-5-6-9)20-14(21-13)10-3-2-4-11(7-10)15(16,17)18/h2-4,7-9H,5-6H2,1H3,(H,19,20,21). The molecule has 21 heavy (non-hydrogen) atoms. The first-order valence-corrected chi connectivity index (χ1v) is 6.72. The van der Waals surface area contributed by atoms with Gasteiger partial charge in [-0.05, 0) is 25.0 Å². The Balaban J connectivity index is 2.05. The summed E-state index contributed by atoms with van der Waals surface area (Å²) < 4.78 is 38.4. The van der Waals surface area contributed by atoms with Crippen LogP contribution >= 0.6 is 0 Å². The van der Waals surface area contributed by atoms with Gasteiger partial charge in [-0.25, -0.2) is 9.97 Å². The Kier molecular flexibility index (Phi) is 3.31. The number of hydrogen-bond acceptors (Lipinski definition) is 3. The molecule has 6 heteroatoms. The van der Waals surface area contributed by atoms with E-state index in [9.17, 15) is 13.2 Å². The van der Waals surface area contributed by atoms with Crippen molar-refractivity contribution in [2.75, 3.05) is 12.4 Å². The highest BCUT2D eigenvalue weighted by Gasteiger charge is 2.31. The zero-order valence-corrected chi connectivity index (χ0v) is 11.4. The molecular weight excluding hydrogens is 279 g/mol. The van der Waals surface area contributed by atoms with Crippen molar-refractivity contribution in [2.24, 2.45) is 0 Å². The fraction of sp³-hybridized carbons (Fsp3) is 0.333. The second kappa shape index (κ2) is 5.02. The summed E-state index contributed by atoms with van der Waals surface area (Å²) in [7, 11) is 1.73. The zero-order chi connectivity index (χ0) is 15.0. The number of halogens is 3. The summed E-state index contributed by atoms with van der Waals surface area (Å²) in [5.74, 6) is 1.36. The first-order valence-electron chi connectivity index (χ1n) is 6.72. The highest BCUT2D eigenvalue weighted by molar-refractivity contribution is 5.59. The molecule has 0 spiro atoms. The Morgan fingerprint density at radius 2 is 1.90 bits per heavy atom. The second-order valence-corrected chi connectivity index (χ2v) is 5.10. The molecule has 1 heterocycles. The first kappa shape index (κ1) is 13.9. The molecule has 0 aliphatic heterocycles. The average Bonchev–Trinajstić information content (AvgIpc) is 3.30. The Morgan fingerprint density at radius 3 is 2.52 bits per heavy atom. The summed E-state index contributed by atoms with van der Waals surface area (Å²) >= 11 is 0. The number of aromatic nitrogens is 2. The Morgan fingerprint density at radius 1 is 1.14 bits per heavy atom. The van der Waals surface area contributed by atoms with Crippen LogP contribution in [0.5, 0.6) is 0 Å². The summed E-state index contributed by atoms with van der Waals surface area (Å²) in [5, 5.41) is 2.93. The fourth-order valence-corrected chi connectivity index (χ4v) is 2.15. The second-order valence-electron chi connectivity index (χ2n) is 5.10. The van der Waals surface area contributed by atoms with E-state index in [-0.39, 0.29) is 0 Å². The van der Waals surface area contributed by atoms with Gasteiger partial charge in [0.05, 0.1) is 5.56 Å². The molecule has 0 amide bonds. The lowest BCUT2D eigenvalue weighted by atomic mass is 10.1. The maximum absolute atomic E-state index is 12.8.